The maximum Gasteiger partial charge on any atom is 0.245 e. The van der Waals surface area contributed by atoms with E-state index in [9.17, 15) is 9.18 Å². The first-order chi connectivity index (χ1) is 21.4. The van der Waals surface area contributed by atoms with E-state index in [-0.39, 0.29) is 23.7 Å². The molecule has 2 aromatic heterocycles. The molecular weight excluding hydrogens is 568 g/mol. The van der Waals surface area contributed by atoms with Gasteiger partial charge in [-0.1, -0.05) is 6.58 Å². The van der Waals surface area contributed by atoms with Crippen LogP contribution in [-0.2, 0) is 4.79 Å². The third kappa shape index (κ3) is 6.48. The zero-order chi connectivity index (χ0) is 30.6. The molecule has 2 aliphatic rings. The van der Waals surface area contributed by atoms with E-state index in [0.29, 0.717) is 65.7 Å². The largest absolute Gasteiger partial charge is 0.495 e. The SMILES string of the molecule is C=CC(=O)N1CCC(Nc2cc3c(Nc4ccc(Oc5ccnc(NC6CC(F)C6)c5)cc4F)ncnc3cc2OC)CC1. The lowest BCUT2D eigenvalue weighted by Crippen LogP contribution is -2.41. The summed E-state index contributed by atoms with van der Waals surface area (Å²) in [6, 6.07) is 11.8. The van der Waals surface area contributed by atoms with E-state index in [1.54, 1.807) is 42.5 Å². The Hall–Kier alpha value is -5.00. The third-order valence-corrected chi connectivity index (χ3v) is 7.89. The number of aromatic nitrogens is 3. The van der Waals surface area contributed by atoms with Gasteiger partial charge in [0.15, 0.2) is 0 Å². The minimum absolute atomic E-state index is 0.0499. The van der Waals surface area contributed by atoms with E-state index < -0.39 is 12.0 Å². The Morgan fingerprint density at radius 1 is 1.00 bits per heavy atom. The van der Waals surface area contributed by atoms with Crippen LogP contribution < -0.4 is 25.4 Å². The molecule has 6 rings (SSSR count). The number of anilines is 4. The number of hydrogen-bond acceptors (Lipinski definition) is 9. The van der Waals surface area contributed by atoms with Gasteiger partial charge in [-0.3, -0.25) is 4.79 Å². The first-order valence-corrected chi connectivity index (χ1v) is 14.5. The number of benzene rings is 2. The molecule has 0 unspecified atom stereocenters. The molecule has 3 N–H and O–H groups in total. The summed E-state index contributed by atoms with van der Waals surface area (Å²) in [5.74, 6) is 1.82. The van der Waals surface area contributed by atoms with Crippen molar-refractivity contribution in [2.24, 2.45) is 0 Å². The van der Waals surface area contributed by atoms with Crippen LogP contribution in [0.1, 0.15) is 25.7 Å². The van der Waals surface area contributed by atoms with Crippen molar-refractivity contribution in [3.63, 3.8) is 0 Å². The Morgan fingerprint density at radius 3 is 2.52 bits per heavy atom. The standard InChI is InChI=1S/C32H33F2N7O3/c1-3-31(42)41-10-7-20(8-11-41)38-28-16-24-27(17-29(28)43-2)36-18-37-32(24)40-26-5-4-22(14-25(26)34)44-23-6-9-35-30(15-23)39-21-12-19(33)13-21/h3-6,9,14-21,38H,1,7-8,10-13H2,2H3,(H,35,39)(H,36,37,40). The molecule has 0 atom stereocenters. The number of pyridine rings is 1. The summed E-state index contributed by atoms with van der Waals surface area (Å²) in [4.78, 5) is 26.8. The van der Waals surface area contributed by atoms with E-state index in [1.807, 2.05) is 12.1 Å². The van der Waals surface area contributed by atoms with E-state index in [1.165, 1.54) is 18.5 Å². The number of fused-ring (bicyclic) bond motifs is 1. The van der Waals surface area contributed by atoms with Gasteiger partial charge in [-0.2, -0.15) is 0 Å². The van der Waals surface area contributed by atoms with Crippen molar-refractivity contribution in [1.82, 2.24) is 19.9 Å². The average molecular weight is 602 g/mol. The second-order valence-electron chi connectivity index (χ2n) is 10.9. The number of rotatable bonds is 10. The highest BCUT2D eigenvalue weighted by atomic mass is 19.1. The molecule has 2 fully saturated rings. The minimum Gasteiger partial charge on any atom is -0.495 e. The molecule has 1 aliphatic carbocycles. The Balaban J connectivity index is 1.17. The van der Waals surface area contributed by atoms with Gasteiger partial charge in [-0.15, -0.1) is 0 Å². The fourth-order valence-corrected chi connectivity index (χ4v) is 5.41. The predicted octanol–water partition coefficient (Wildman–Crippen LogP) is 6.21. The zero-order valence-corrected chi connectivity index (χ0v) is 24.2. The highest BCUT2D eigenvalue weighted by Crippen LogP contribution is 2.35. The van der Waals surface area contributed by atoms with Gasteiger partial charge in [0.25, 0.3) is 0 Å². The molecule has 44 heavy (non-hydrogen) atoms. The first kappa shape index (κ1) is 29.1. The Kier molecular flexibility index (Phi) is 8.40. The zero-order valence-electron chi connectivity index (χ0n) is 24.2. The number of nitrogens with one attached hydrogen (secondary N) is 3. The number of likely N-dealkylation sites (tertiary alicyclic amines) is 1. The molecule has 1 amide bonds. The fourth-order valence-electron chi connectivity index (χ4n) is 5.41. The number of methoxy groups -OCH3 is 1. The highest BCUT2D eigenvalue weighted by Gasteiger charge is 2.29. The molecule has 3 heterocycles. The molecule has 1 saturated carbocycles. The van der Waals surface area contributed by atoms with Gasteiger partial charge in [0, 0.05) is 55.0 Å². The summed E-state index contributed by atoms with van der Waals surface area (Å²) in [5.41, 5.74) is 1.59. The smallest absolute Gasteiger partial charge is 0.245 e. The summed E-state index contributed by atoms with van der Waals surface area (Å²) in [6.07, 6.45) is 6.02. The number of ether oxygens (including phenoxy) is 2. The Morgan fingerprint density at radius 2 is 1.80 bits per heavy atom. The molecular formula is C32H33F2N7O3. The van der Waals surface area contributed by atoms with Gasteiger partial charge < -0.3 is 30.3 Å². The van der Waals surface area contributed by atoms with Crippen LogP contribution >= 0.6 is 0 Å². The van der Waals surface area contributed by atoms with Gasteiger partial charge in [0.05, 0.1) is 24.0 Å². The van der Waals surface area contributed by atoms with Crippen LogP contribution in [-0.4, -0.2) is 64.2 Å². The molecule has 1 saturated heterocycles. The first-order valence-electron chi connectivity index (χ1n) is 14.5. The van der Waals surface area contributed by atoms with Crippen molar-refractivity contribution in [3.05, 3.63) is 73.5 Å². The molecule has 12 heteroatoms. The van der Waals surface area contributed by atoms with Gasteiger partial charge >= 0.3 is 0 Å². The second-order valence-corrected chi connectivity index (χ2v) is 10.9. The highest BCUT2D eigenvalue weighted by molar-refractivity contribution is 5.95. The summed E-state index contributed by atoms with van der Waals surface area (Å²) in [6.45, 7) is 4.84. The Labute approximate surface area is 253 Å². The minimum atomic E-state index is -0.770. The molecule has 0 spiro atoms. The number of carbonyl (C=O) groups is 1. The van der Waals surface area contributed by atoms with Crippen LogP contribution in [0.15, 0.2) is 67.6 Å². The number of hydrogen-bond donors (Lipinski definition) is 3. The molecule has 4 aromatic rings. The van der Waals surface area contributed by atoms with E-state index in [0.717, 1.165) is 18.5 Å². The second kappa shape index (κ2) is 12.7. The number of nitrogens with zero attached hydrogens (tertiary/aromatic N) is 4. The maximum atomic E-state index is 15.3. The third-order valence-electron chi connectivity index (χ3n) is 7.89. The monoisotopic (exact) mass is 601 g/mol. The van der Waals surface area contributed by atoms with Crippen molar-refractivity contribution in [3.8, 4) is 17.2 Å². The van der Waals surface area contributed by atoms with Crippen LogP contribution in [0.2, 0.25) is 0 Å². The van der Waals surface area contributed by atoms with Gasteiger partial charge in [-0.25, -0.2) is 23.7 Å². The summed E-state index contributed by atoms with van der Waals surface area (Å²) < 4.78 is 39.9. The molecule has 10 nitrogen and oxygen atoms in total. The quantitative estimate of drug-likeness (QED) is 0.183. The van der Waals surface area contributed by atoms with Gasteiger partial charge in [-0.05, 0) is 56.0 Å². The van der Waals surface area contributed by atoms with Crippen LogP contribution in [0.25, 0.3) is 10.9 Å². The predicted molar refractivity (Wildman–Crippen MR) is 165 cm³/mol. The number of halogens is 2. The number of carbonyl (C=O) groups excluding carboxylic acids is 1. The van der Waals surface area contributed by atoms with Gasteiger partial charge in [0.1, 0.15) is 47.2 Å². The van der Waals surface area contributed by atoms with Crippen LogP contribution in [0.5, 0.6) is 17.2 Å². The summed E-state index contributed by atoms with van der Waals surface area (Å²) in [5, 5.41) is 10.5. The van der Waals surface area contributed by atoms with Crippen molar-refractivity contribution in [2.75, 3.05) is 36.1 Å². The van der Waals surface area contributed by atoms with Gasteiger partial charge in [0.2, 0.25) is 5.91 Å². The molecule has 1 aliphatic heterocycles. The van der Waals surface area contributed by atoms with Crippen molar-refractivity contribution in [2.45, 2.75) is 43.9 Å². The topological polar surface area (TPSA) is 114 Å². The van der Waals surface area contributed by atoms with Crippen LogP contribution in [0.3, 0.4) is 0 Å². The van der Waals surface area contributed by atoms with E-state index in [2.05, 4.69) is 37.5 Å². The molecule has 0 bridgehead atoms. The Bertz CT molecular complexity index is 1670. The fraction of sp³-hybridized carbons (Fsp3) is 0.312. The van der Waals surface area contributed by atoms with Crippen molar-refractivity contribution < 1.29 is 23.0 Å². The summed E-state index contributed by atoms with van der Waals surface area (Å²) in [7, 11) is 1.59. The van der Waals surface area contributed by atoms with Crippen molar-refractivity contribution >= 4 is 39.8 Å². The van der Waals surface area contributed by atoms with Crippen LogP contribution in [0, 0.1) is 5.82 Å². The van der Waals surface area contributed by atoms with E-state index >= 15 is 4.39 Å². The molecule has 228 valence electrons. The lowest BCUT2D eigenvalue weighted by Gasteiger charge is -2.32. The molecule has 0 radical (unpaired) electrons. The normalized spacial score (nSPS) is 18.3. The average Bonchev–Trinajstić information content (AvgIpc) is 3.01. The molecule has 2 aromatic carbocycles. The summed E-state index contributed by atoms with van der Waals surface area (Å²) >= 11 is 0. The number of alkyl halides is 1. The van der Waals surface area contributed by atoms with E-state index in [4.69, 9.17) is 9.47 Å². The lowest BCUT2D eigenvalue weighted by molar-refractivity contribution is -0.126. The number of piperidine rings is 1. The van der Waals surface area contributed by atoms with Crippen molar-refractivity contribution in [1.29, 1.82) is 0 Å². The van der Waals surface area contributed by atoms with Crippen LogP contribution in [0.4, 0.5) is 31.8 Å². The number of amides is 1. The lowest BCUT2D eigenvalue weighted by atomic mass is 9.91. The maximum absolute atomic E-state index is 15.3.